The van der Waals surface area contributed by atoms with E-state index in [-0.39, 0.29) is 18.0 Å². The number of rotatable bonds is 2. The number of hydrogen-bond acceptors (Lipinski definition) is 2. The standard InChI is InChI=1S/C14H18BrClN2O/c1-9(17)13-4-2-3-7-18(13)14(19)10-5-6-12(16)11(15)8-10/h5-6,8-9,13H,2-4,7,17H2,1H3. The molecular formula is C14H18BrClN2O. The van der Waals surface area contributed by atoms with E-state index in [0.717, 1.165) is 30.3 Å². The molecule has 2 N–H and O–H groups in total. The molecular weight excluding hydrogens is 328 g/mol. The van der Waals surface area contributed by atoms with E-state index in [2.05, 4.69) is 15.9 Å². The van der Waals surface area contributed by atoms with Gasteiger partial charge in [0, 0.05) is 28.7 Å². The van der Waals surface area contributed by atoms with Crippen LogP contribution in [0.4, 0.5) is 0 Å². The highest BCUT2D eigenvalue weighted by atomic mass is 79.9. The van der Waals surface area contributed by atoms with Gasteiger partial charge in [-0.05, 0) is 60.3 Å². The summed E-state index contributed by atoms with van der Waals surface area (Å²) in [5.74, 6) is 0.0411. The maximum atomic E-state index is 12.6. The summed E-state index contributed by atoms with van der Waals surface area (Å²) in [4.78, 5) is 14.5. The molecule has 19 heavy (non-hydrogen) atoms. The molecule has 0 aliphatic carbocycles. The number of hydrogen-bond donors (Lipinski definition) is 1. The third-order valence-corrected chi connectivity index (χ3v) is 4.80. The zero-order valence-corrected chi connectivity index (χ0v) is 13.2. The summed E-state index contributed by atoms with van der Waals surface area (Å²) in [6.07, 6.45) is 3.17. The van der Waals surface area contributed by atoms with E-state index in [1.807, 2.05) is 11.8 Å². The lowest BCUT2D eigenvalue weighted by atomic mass is 9.96. The minimum Gasteiger partial charge on any atom is -0.334 e. The SMILES string of the molecule is CC(N)C1CCCCN1C(=O)c1ccc(Cl)c(Br)c1. The van der Waals surface area contributed by atoms with Crippen LogP contribution in [0.25, 0.3) is 0 Å². The molecule has 2 unspecified atom stereocenters. The molecule has 1 aromatic rings. The molecule has 1 aromatic carbocycles. The number of likely N-dealkylation sites (tertiary alicyclic amines) is 1. The summed E-state index contributed by atoms with van der Waals surface area (Å²) in [6, 6.07) is 5.42. The van der Waals surface area contributed by atoms with Crippen LogP contribution in [0, 0.1) is 0 Å². The number of amides is 1. The molecule has 0 saturated carbocycles. The third kappa shape index (κ3) is 3.30. The van der Waals surface area contributed by atoms with E-state index in [1.165, 1.54) is 0 Å². The first-order chi connectivity index (χ1) is 9.00. The molecule has 104 valence electrons. The second kappa shape index (κ2) is 6.25. The Morgan fingerprint density at radius 3 is 2.89 bits per heavy atom. The van der Waals surface area contributed by atoms with E-state index in [0.29, 0.717) is 10.6 Å². The van der Waals surface area contributed by atoms with Crippen molar-refractivity contribution in [1.82, 2.24) is 4.90 Å². The first-order valence-electron chi connectivity index (χ1n) is 6.52. The van der Waals surface area contributed by atoms with Crippen LogP contribution in [-0.4, -0.2) is 29.4 Å². The predicted octanol–water partition coefficient (Wildman–Crippen LogP) is 3.44. The molecule has 1 heterocycles. The van der Waals surface area contributed by atoms with Crippen molar-refractivity contribution in [1.29, 1.82) is 0 Å². The van der Waals surface area contributed by atoms with E-state index in [4.69, 9.17) is 17.3 Å². The van der Waals surface area contributed by atoms with Crippen molar-refractivity contribution >= 4 is 33.4 Å². The average Bonchev–Trinajstić information content (AvgIpc) is 2.41. The minimum atomic E-state index is -0.00000843. The maximum Gasteiger partial charge on any atom is 0.254 e. The first-order valence-corrected chi connectivity index (χ1v) is 7.69. The Labute approximate surface area is 127 Å². The van der Waals surface area contributed by atoms with Gasteiger partial charge in [0.15, 0.2) is 0 Å². The van der Waals surface area contributed by atoms with Gasteiger partial charge in [0.2, 0.25) is 0 Å². The van der Waals surface area contributed by atoms with Crippen LogP contribution in [0.15, 0.2) is 22.7 Å². The van der Waals surface area contributed by atoms with Gasteiger partial charge in [0.1, 0.15) is 0 Å². The summed E-state index contributed by atoms with van der Waals surface area (Å²) in [6.45, 7) is 2.75. The lowest BCUT2D eigenvalue weighted by molar-refractivity contribution is 0.0584. The monoisotopic (exact) mass is 344 g/mol. The number of halogens is 2. The maximum absolute atomic E-state index is 12.6. The summed E-state index contributed by atoms with van der Waals surface area (Å²) in [5, 5.41) is 0.610. The van der Waals surface area contributed by atoms with Crippen LogP contribution in [0.5, 0.6) is 0 Å². The number of carbonyl (C=O) groups excluding carboxylic acids is 1. The highest BCUT2D eigenvalue weighted by Gasteiger charge is 2.29. The van der Waals surface area contributed by atoms with Gasteiger partial charge in [0.25, 0.3) is 5.91 Å². The van der Waals surface area contributed by atoms with Crippen LogP contribution >= 0.6 is 27.5 Å². The largest absolute Gasteiger partial charge is 0.334 e. The zero-order chi connectivity index (χ0) is 14.0. The summed E-state index contributed by atoms with van der Waals surface area (Å²) >= 11 is 9.31. The quantitative estimate of drug-likeness (QED) is 0.892. The van der Waals surface area contributed by atoms with Gasteiger partial charge in [-0.1, -0.05) is 11.6 Å². The fourth-order valence-electron chi connectivity index (χ4n) is 2.55. The molecule has 1 aliphatic heterocycles. The molecule has 0 radical (unpaired) electrons. The van der Waals surface area contributed by atoms with Crippen molar-refractivity contribution in [3.63, 3.8) is 0 Å². The van der Waals surface area contributed by atoms with Gasteiger partial charge < -0.3 is 10.6 Å². The number of nitrogens with two attached hydrogens (primary N) is 1. The summed E-state index contributed by atoms with van der Waals surface area (Å²) in [7, 11) is 0. The predicted molar refractivity (Wildman–Crippen MR) is 81.5 cm³/mol. The van der Waals surface area contributed by atoms with Gasteiger partial charge in [-0.3, -0.25) is 4.79 Å². The van der Waals surface area contributed by atoms with E-state index < -0.39 is 0 Å². The Hall–Kier alpha value is -0.580. The van der Waals surface area contributed by atoms with Gasteiger partial charge in [-0.2, -0.15) is 0 Å². The number of nitrogens with zero attached hydrogens (tertiary/aromatic N) is 1. The zero-order valence-electron chi connectivity index (χ0n) is 10.9. The second-order valence-corrected chi connectivity index (χ2v) is 6.31. The molecule has 1 saturated heterocycles. The molecule has 0 aromatic heterocycles. The van der Waals surface area contributed by atoms with Crippen LogP contribution in [0.1, 0.15) is 36.5 Å². The molecule has 2 rings (SSSR count). The van der Waals surface area contributed by atoms with Gasteiger partial charge in [0.05, 0.1) is 5.02 Å². The molecule has 1 aliphatic rings. The molecule has 0 spiro atoms. The third-order valence-electron chi connectivity index (χ3n) is 3.58. The lowest BCUT2D eigenvalue weighted by Gasteiger charge is -2.38. The van der Waals surface area contributed by atoms with Crippen molar-refractivity contribution in [3.05, 3.63) is 33.3 Å². The minimum absolute atomic E-state index is 0.00000843. The Balaban J connectivity index is 2.23. The fourth-order valence-corrected chi connectivity index (χ4v) is 3.05. The first kappa shape index (κ1) is 14.8. The number of piperidine rings is 1. The Morgan fingerprint density at radius 2 is 2.26 bits per heavy atom. The lowest BCUT2D eigenvalue weighted by Crippen LogP contribution is -2.51. The van der Waals surface area contributed by atoms with Crippen molar-refractivity contribution < 1.29 is 4.79 Å². The Bertz CT molecular complexity index is 479. The molecule has 3 nitrogen and oxygen atoms in total. The van der Waals surface area contributed by atoms with Gasteiger partial charge in [-0.15, -0.1) is 0 Å². The fraction of sp³-hybridized carbons (Fsp3) is 0.500. The van der Waals surface area contributed by atoms with Gasteiger partial charge >= 0.3 is 0 Å². The van der Waals surface area contributed by atoms with Crippen LogP contribution in [-0.2, 0) is 0 Å². The normalized spacial score (nSPS) is 21.3. The van der Waals surface area contributed by atoms with Crippen LogP contribution in [0.3, 0.4) is 0 Å². The molecule has 2 atom stereocenters. The van der Waals surface area contributed by atoms with E-state index in [9.17, 15) is 4.79 Å². The molecule has 0 bridgehead atoms. The molecule has 1 amide bonds. The average molecular weight is 346 g/mol. The highest BCUT2D eigenvalue weighted by molar-refractivity contribution is 9.10. The van der Waals surface area contributed by atoms with Crippen molar-refractivity contribution in [2.45, 2.75) is 38.3 Å². The second-order valence-electron chi connectivity index (χ2n) is 5.05. The number of carbonyl (C=O) groups is 1. The number of benzene rings is 1. The Kier molecular flexibility index (Phi) is 4.87. The smallest absolute Gasteiger partial charge is 0.254 e. The molecule has 1 fully saturated rings. The van der Waals surface area contributed by atoms with E-state index in [1.54, 1.807) is 18.2 Å². The van der Waals surface area contributed by atoms with Crippen molar-refractivity contribution in [2.24, 2.45) is 5.73 Å². The van der Waals surface area contributed by atoms with Crippen molar-refractivity contribution in [3.8, 4) is 0 Å². The van der Waals surface area contributed by atoms with E-state index >= 15 is 0 Å². The summed E-state index contributed by atoms with van der Waals surface area (Å²) < 4.78 is 0.745. The van der Waals surface area contributed by atoms with Crippen molar-refractivity contribution in [2.75, 3.05) is 6.54 Å². The van der Waals surface area contributed by atoms with Gasteiger partial charge in [-0.25, -0.2) is 0 Å². The van der Waals surface area contributed by atoms with Crippen LogP contribution < -0.4 is 5.73 Å². The molecule has 5 heteroatoms. The summed E-state index contributed by atoms with van der Waals surface area (Å²) in [5.41, 5.74) is 6.66. The highest BCUT2D eigenvalue weighted by Crippen LogP contribution is 2.26. The Morgan fingerprint density at radius 1 is 1.53 bits per heavy atom. The topological polar surface area (TPSA) is 46.3 Å². The van der Waals surface area contributed by atoms with Crippen LogP contribution in [0.2, 0.25) is 5.02 Å².